The highest BCUT2D eigenvalue weighted by Gasteiger charge is 2.06. The molecule has 1 aromatic carbocycles. The summed E-state index contributed by atoms with van der Waals surface area (Å²) in [5.74, 6) is -1.44. The van der Waals surface area contributed by atoms with Crippen LogP contribution in [0.2, 0.25) is 0 Å². The van der Waals surface area contributed by atoms with Crippen molar-refractivity contribution in [2.45, 2.75) is 26.7 Å². The van der Waals surface area contributed by atoms with Crippen LogP contribution in [-0.4, -0.2) is 11.7 Å². The molecule has 0 aromatic heterocycles. The van der Waals surface area contributed by atoms with Crippen LogP contribution in [0.4, 0.5) is 8.78 Å². The molecule has 0 radical (unpaired) electrons. The van der Waals surface area contributed by atoms with Gasteiger partial charge in [-0.1, -0.05) is 20.8 Å². The average Bonchev–Trinajstić information content (AvgIpc) is 2.18. The largest absolute Gasteiger partial charge is 0.396 e. The molecule has 1 aromatic rings. The SMILES string of the molecule is CC.CC(CO)c1cc(F)cc(F)c1. The molecule has 0 amide bonds. The highest BCUT2D eigenvalue weighted by molar-refractivity contribution is 5.21. The molecule has 0 spiro atoms. The van der Waals surface area contributed by atoms with Crippen LogP contribution in [0.1, 0.15) is 32.3 Å². The first-order valence-corrected chi connectivity index (χ1v) is 4.70. The lowest BCUT2D eigenvalue weighted by Crippen LogP contribution is -1.99. The van der Waals surface area contributed by atoms with Crippen molar-refractivity contribution in [1.29, 1.82) is 0 Å². The molecule has 0 saturated heterocycles. The van der Waals surface area contributed by atoms with Gasteiger partial charge in [0.2, 0.25) is 0 Å². The van der Waals surface area contributed by atoms with Crippen molar-refractivity contribution in [3.8, 4) is 0 Å². The molecule has 1 N–H and O–H groups in total. The highest BCUT2D eigenvalue weighted by atomic mass is 19.1. The number of hydrogen-bond donors (Lipinski definition) is 1. The van der Waals surface area contributed by atoms with E-state index in [0.29, 0.717) is 5.56 Å². The molecule has 0 heterocycles. The second kappa shape index (κ2) is 6.49. The molecule has 0 aliphatic heterocycles. The number of aliphatic hydroxyl groups excluding tert-OH is 1. The van der Waals surface area contributed by atoms with Gasteiger partial charge < -0.3 is 5.11 Å². The standard InChI is InChI=1S/C9H10F2O.C2H6/c1-6(5-12)7-2-8(10)4-9(11)3-7;1-2/h2-4,6,12H,5H2,1H3;1-2H3. The Kier molecular flexibility index (Phi) is 6.04. The minimum Gasteiger partial charge on any atom is -0.396 e. The number of aliphatic hydroxyl groups is 1. The summed E-state index contributed by atoms with van der Waals surface area (Å²) in [6.45, 7) is 5.59. The van der Waals surface area contributed by atoms with Gasteiger partial charge in [-0.3, -0.25) is 0 Å². The van der Waals surface area contributed by atoms with Gasteiger partial charge in [0.15, 0.2) is 0 Å². The quantitative estimate of drug-likeness (QED) is 0.781. The number of benzene rings is 1. The van der Waals surface area contributed by atoms with Crippen LogP contribution in [0, 0.1) is 11.6 Å². The summed E-state index contributed by atoms with van der Waals surface area (Å²) in [5.41, 5.74) is 0.481. The summed E-state index contributed by atoms with van der Waals surface area (Å²) < 4.78 is 25.2. The molecular weight excluding hydrogens is 186 g/mol. The Morgan fingerprint density at radius 3 is 1.93 bits per heavy atom. The van der Waals surface area contributed by atoms with Crippen molar-refractivity contribution in [3.63, 3.8) is 0 Å². The van der Waals surface area contributed by atoms with E-state index in [0.717, 1.165) is 6.07 Å². The van der Waals surface area contributed by atoms with E-state index in [1.165, 1.54) is 12.1 Å². The first-order valence-electron chi connectivity index (χ1n) is 4.70. The Hall–Kier alpha value is -0.960. The van der Waals surface area contributed by atoms with Gasteiger partial charge in [-0.15, -0.1) is 0 Å². The fourth-order valence-electron chi connectivity index (χ4n) is 0.965. The van der Waals surface area contributed by atoms with Crippen molar-refractivity contribution in [2.75, 3.05) is 6.61 Å². The Morgan fingerprint density at radius 2 is 1.57 bits per heavy atom. The maximum absolute atomic E-state index is 12.6. The van der Waals surface area contributed by atoms with E-state index < -0.39 is 11.6 Å². The van der Waals surface area contributed by atoms with Crippen LogP contribution < -0.4 is 0 Å². The zero-order valence-electron chi connectivity index (χ0n) is 8.72. The minimum absolute atomic E-state index is 0.108. The van der Waals surface area contributed by atoms with Crippen molar-refractivity contribution < 1.29 is 13.9 Å². The lowest BCUT2D eigenvalue weighted by Gasteiger charge is -2.07. The van der Waals surface area contributed by atoms with E-state index >= 15 is 0 Å². The molecular formula is C11H16F2O. The summed E-state index contributed by atoms with van der Waals surface area (Å²) in [5, 5.41) is 8.73. The smallest absolute Gasteiger partial charge is 0.126 e. The van der Waals surface area contributed by atoms with Gasteiger partial charge in [0.05, 0.1) is 0 Å². The number of halogens is 2. The molecule has 1 unspecified atom stereocenters. The summed E-state index contributed by atoms with van der Waals surface area (Å²) in [6, 6.07) is 3.27. The van der Waals surface area contributed by atoms with Crippen molar-refractivity contribution in [3.05, 3.63) is 35.4 Å². The third-order valence-corrected chi connectivity index (χ3v) is 1.73. The predicted octanol–water partition coefficient (Wildman–Crippen LogP) is 3.09. The van der Waals surface area contributed by atoms with Crippen LogP contribution in [0.3, 0.4) is 0 Å². The second-order valence-corrected chi connectivity index (χ2v) is 2.79. The van der Waals surface area contributed by atoms with Crippen LogP contribution in [0.15, 0.2) is 18.2 Å². The fraction of sp³-hybridized carbons (Fsp3) is 0.455. The number of rotatable bonds is 2. The molecule has 1 atom stereocenters. The first kappa shape index (κ1) is 13.0. The predicted molar refractivity (Wildman–Crippen MR) is 53.2 cm³/mol. The fourth-order valence-corrected chi connectivity index (χ4v) is 0.965. The van der Waals surface area contributed by atoms with Gasteiger partial charge in [0.1, 0.15) is 11.6 Å². The average molecular weight is 202 g/mol. The summed E-state index contributed by atoms with van der Waals surface area (Å²) in [7, 11) is 0. The monoisotopic (exact) mass is 202 g/mol. The van der Waals surface area contributed by atoms with E-state index in [2.05, 4.69) is 0 Å². The summed E-state index contributed by atoms with van der Waals surface area (Å²) in [6.07, 6.45) is 0. The van der Waals surface area contributed by atoms with Crippen LogP contribution >= 0.6 is 0 Å². The van der Waals surface area contributed by atoms with Crippen LogP contribution in [0.5, 0.6) is 0 Å². The van der Waals surface area contributed by atoms with Crippen molar-refractivity contribution in [1.82, 2.24) is 0 Å². The van der Waals surface area contributed by atoms with Gasteiger partial charge >= 0.3 is 0 Å². The second-order valence-electron chi connectivity index (χ2n) is 2.79. The van der Waals surface area contributed by atoms with Gasteiger partial charge in [0, 0.05) is 18.6 Å². The molecule has 1 nitrogen and oxygen atoms in total. The van der Waals surface area contributed by atoms with Crippen LogP contribution in [-0.2, 0) is 0 Å². The summed E-state index contributed by atoms with van der Waals surface area (Å²) in [4.78, 5) is 0. The van der Waals surface area contributed by atoms with Gasteiger partial charge in [-0.25, -0.2) is 8.78 Å². The molecule has 14 heavy (non-hydrogen) atoms. The minimum atomic E-state index is -0.606. The third kappa shape index (κ3) is 3.83. The third-order valence-electron chi connectivity index (χ3n) is 1.73. The van der Waals surface area contributed by atoms with E-state index in [-0.39, 0.29) is 12.5 Å². The lowest BCUT2D eigenvalue weighted by atomic mass is 10.0. The lowest BCUT2D eigenvalue weighted by molar-refractivity contribution is 0.272. The van der Waals surface area contributed by atoms with E-state index in [1.54, 1.807) is 6.92 Å². The maximum atomic E-state index is 12.6. The molecule has 0 bridgehead atoms. The molecule has 0 aliphatic rings. The topological polar surface area (TPSA) is 20.2 Å². The van der Waals surface area contributed by atoms with Gasteiger partial charge in [-0.05, 0) is 17.7 Å². The Balaban J connectivity index is 0.000000791. The molecule has 0 saturated carbocycles. The Labute approximate surface area is 83.4 Å². The zero-order chi connectivity index (χ0) is 11.1. The van der Waals surface area contributed by atoms with Gasteiger partial charge in [-0.2, -0.15) is 0 Å². The van der Waals surface area contributed by atoms with Crippen molar-refractivity contribution in [2.24, 2.45) is 0 Å². The Bertz CT molecular complexity index is 254. The molecule has 80 valence electrons. The van der Waals surface area contributed by atoms with Gasteiger partial charge in [0.25, 0.3) is 0 Å². The molecule has 0 fully saturated rings. The normalized spacial score (nSPS) is 11.6. The number of hydrogen-bond acceptors (Lipinski definition) is 1. The zero-order valence-corrected chi connectivity index (χ0v) is 8.72. The van der Waals surface area contributed by atoms with E-state index in [1.807, 2.05) is 13.8 Å². The molecule has 1 rings (SSSR count). The molecule has 3 heteroatoms. The van der Waals surface area contributed by atoms with Crippen molar-refractivity contribution >= 4 is 0 Å². The molecule has 0 aliphatic carbocycles. The summed E-state index contributed by atoms with van der Waals surface area (Å²) >= 11 is 0. The van der Waals surface area contributed by atoms with E-state index in [9.17, 15) is 8.78 Å². The van der Waals surface area contributed by atoms with Crippen LogP contribution in [0.25, 0.3) is 0 Å². The Morgan fingerprint density at radius 1 is 1.14 bits per heavy atom. The highest BCUT2D eigenvalue weighted by Crippen LogP contribution is 2.16. The maximum Gasteiger partial charge on any atom is 0.126 e. The first-order chi connectivity index (χ1) is 6.63. The van der Waals surface area contributed by atoms with E-state index in [4.69, 9.17) is 5.11 Å².